The second-order valence-electron chi connectivity index (χ2n) is 0.866. The van der Waals surface area contributed by atoms with E-state index in [1.54, 1.807) is 0 Å². The van der Waals surface area contributed by atoms with Gasteiger partial charge in [-0.2, -0.15) is 0 Å². The van der Waals surface area contributed by atoms with Crippen molar-refractivity contribution in [2.75, 3.05) is 0 Å². The molecule has 1 saturated carbocycles. The van der Waals surface area contributed by atoms with E-state index in [0.29, 0.717) is 0 Å². The molecular weight excluding hydrogens is 72.3 g/mol. The Balaban J connectivity index is 0. The van der Waals surface area contributed by atoms with Crippen molar-refractivity contribution in [3.63, 3.8) is 0 Å². The van der Waals surface area contributed by atoms with Crippen LogP contribution in [0.5, 0.6) is 0 Å². The van der Waals surface area contributed by atoms with Gasteiger partial charge in [0.2, 0.25) is 0 Å². The summed E-state index contributed by atoms with van der Waals surface area (Å²) in [6.07, 6.45) is 5.00. The van der Waals surface area contributed by atoms with E-state index in [0.717, 1.165) is 0 Å². The molecule has 1 fully saturated rings. The van der Waals surface area contributed by atoms with Crippen molar-refractivity contribution < 1.29 is 0 Å². The van der Waals surface area contributed by atoms with Gasteiger partial charge in [0.1, 0.15) is 0 Å². The molecule has 0 aromatic heterocycles. The Morgan fingerprint density at radius 2 is 1.40 bits per heavy atom. The van der Waals surface area contributed by atoms with E-state index in [4.69, 9.17) is 0 Å². The third-order valence-electron chi connectivity index (χ3n) is 0.289. The third-order valence-corrected chi connectivity index (χ3v) is 0.289. The van der Waals surface area contributed by atoms with Crippen LogP contribution in [0.1, 0.15) is 12.8 Å². The quantitative estimate of drug-likeness (QED) is 0.301. The Kier molecular flexibility index (Phi) is 8.80. The minimum absolute atomic E-state index is 0. The van der Waals surface area contributed by atoms with E-state index in [1.165, 1.54) is 12.8 Å². The minimum atomic E-state index is 0. The molecule has 1 aliphatic rings. The average Bonchev–Trinajstić information content (AvgIpc) is 1.46. The van der Waals surface area contributed by atoms with Gasteiger partial charge in [-0.05, 0) is 0 Å². The molecule has 0 bridgehead atoms. The molecular formula is C4H8Mg. The fourth-order valence-electron chi connectivity index (χ4n) is 0. The van der Waals surface area contributed by atoms with Crippen LogP contribution in [-0.4, -0.2) is 23.1 Å². The first-order chi connectivity index (χ1) is 1.50. The second-order valence-corrected chi connectivity index (χ2v) is 0.866. The molecule has 0 spiro atoms. The Bertz CT molecular complexity index is 8.36. The summed E-state index contributed by atoms with van der Waals surface area (Å²) in [5.74, 6) is 0. The first-order valence-electron chi connectivity index (χ1n) is 1.32. The van der Waals surface area contributed by atoms with Gasteiger partial charge in [0.05, 0.1) is 0 Å². The van der Waals surface area contributed by atoms with Gasteiger partial charge in [-0.15, -0.1) is 0 Å². The van der Waals surface area contributed by atoms with Crippen LogP contribution in [0.3, 0.4) is 0 Å². The van der Waals surface area contributed by atoms with Gasteiger partial charge in [0.15, 0.2) is 0 Å². The topological polar surface area (TPSA) is 0 Å². The van der Waals surface area contributed by atoms with E-state index in [-0.39, 0.29) is 30.5 Å². The van der Waals surface area contributed by atoms with Crippen molar-refractivity contribution in [2.24, 2.45) is 0 Å². The summed E-state index contributed by atoms with van der Waals surface area (Å²) in [7, 11) is 0. The molecule has 26 valence electrons. The molecule has 1 rings (SSSR count). The van der Waals surface area contributed by atoms with Gasteiger partial charge in [-0.3, -0.25) is 0 Å². The SMILES string of the molecule is [CH-]1CC1.[CH3-].[Mg+2]. The van der Waals surface area contributed by atoms with Gasteiger partial charge in [-0.1, -0.05) is 0 Å². The zero-order valence-electron chi connectivity index (χ0n) is 3.70. The Morgan fingerprint density at radius 1 is 1.20 bits per heavy atom. The average molecular weight is 80.4 g/mol. The van der Waals surface area contributed by atoms with E-state index in [2.05, 4.69) is 6.42 Å². The van der Waals surface area contributed by atoms with Crippen molar-refractivity contribution in [3.05, 3.63) is 13.8 Å². The van der Waals surface area contributed by atoms with E-state index in [1.807, 2.05) is 0 Å². The van der Waals surface area contributed by atoms with Crippen LogP contribution in [0, 0.1) is 13.8 Å². The zero-order valence-corrected chi connectivity index (χ0v) is 5.11. The summed E-state index contributed by atoms with van der Waals surface area (Å²) in [5, 5.41) is 0. The molecule has 0 aliphatic heterocycles. The van der Waals surface area contributed by atoms with Crippen molar-refractivity contribution in [2.45, 2.75) is 12.8 Å². The summed E-state index contributed by atoms with van der Waals surface area (Å²) in [6, 6.07) is 0. The third kappa shape index (κ3) is 11.7. The van der Waals surface area contributed by atoms with Crippen molar-refractivity contribution in [3.8, 4) is 0 Å². The molecule has 0 N–H and O–H groups in total. The fourth-order valence-corrected chi connectivity index (χ4v) is 0. The molecule has 1 aliphatic carbocycles. The van der Waals surface area contributed by atoms with Gasteiger partial charge in [-0.25, -0.2) is 12.8 Å². The van der Waals surface area contributed by atoms with Crippen LogP contribution >= 0.6 is 0 Å². The Hall–Kier alpha value is 0.766. The van der Waals surface area contributed by atoms with Gasteiger partial charge in [0, 0.05) is 0 Å². The molecule has 0 nitrogen and oxygen atoms in total. The molecule has 0 radical (unpaired) electrons. The number of hydrogen-bond donors (Lipinski definition) is 0. The fraction of sp³-hybridized carbons (Fsp3) is 0.500. The summed E-state index contributed by atoms with van der Waals surface area (Å²) < 4.78 is 0. The summed E-state index contributed by atoms with van der Waals surface area (Å²) >= 11 is 0. The first-order valence-corrected chi connectivity index (χ1v) is 1.32. The predicted octanol–water partition coefficient (Wildman–Crippen LogP) is 1.05. The maximum Gasteiger partial charge on any atom is 2.00 e. The number of hydrogen-bond acceptors (Lipinski definition) is 0. The predicted molar refractivity (Wildman–Crippen MR) is 25.7 cm³/mol. The largest absolute Gasteiger partial charge is 2.00 e. The molecule has 0 saturated heterocycles. The molecule has 0 atom stereocenters. The molecule has 0 heterocycles. The van der Waals surface area contributed by atoms with Gasteiger partial charge < -0.3 is 13.8 Å². The van der Waals surface area contributed by atoms with Gasteiger partial charge >= 0.3 is 23.1 Å². The smallest absolute Gasteiger partial charge is 0.358 e. The first kappa shape index (κ1) is 9.23. The molecule has 0 aromatic rings. The summed E-state index contributed by atoms with van der Waals surface area (Å²) in [5.41, 5.74) is 0. The van der Waals surface area contributed by atoms with Crippen LogP contribution in [0.2, 0.25) is 0 Å². The van der Waals surface area contributed by atoms with E-state index >= 15 is 0 Å². The van der Waals surface area contributed by atoms with Crippen molar-refractivity contribution in [1.82, 2.24) is 0 Å². The maximum absolute atomic E-state index is 2.25. The van der Waals surface area contributed by atoms with Crippen LogP contribution in [0.25, 0.3) is 0 Å². The second kappa shape index (κ2) is 4.77. The van der Waals surface area contributed by atoms with Crippen molar-refractivity contribution >= 4 is 23.1 Å². The molecule has 5 heavy (non-hydrogen) atoms. The van der Waals surface area contributed by atoms with Crippen molar-refractivity contribution in [1.29, 1.82) is 0 Å². The number of rotatable bonds is 0. The van der Waals surface area contributed by atoms with E-state index in [9.17, 15) is 0 Å². The Morgan fingerprint density at radius 3 is 1.40 bits per heavy atom. The standard InChI is InChI=1S/C3H5.CH3.Mg/c1-2-3-1;;/h1H,2-3H2;1H3;/q2*-1;+2. The summed E-state index contributed by atoms with van der Waals surface area (Å²) in [4.78, 5) is 0. The summed E-state index contributed by atoms with van der Waals surface area (Å²) in [6.45, 7) is 0. The molecule has 0 unspecified atom stereocenters. The van der Waals surface area contributed by atoms with Crippen LogP contribution in [-0.2, 0) is 0 Å². The van der Waals surface area contributed by atoms with Gasteiger partial charge in [0.25, 0.3) is 0 Å². The Labute approximate surface area is 50.1 Å². The van der Waals surface area contributed by atoms with Crippen LogP contribution in [0.4, 0.5) is 0 Å². The molecule has 0 amide bonds. The zero-order chi connectivity index (χ0) is 2.12. The normalized spacial score (nSPS) is 14.4. The monoisotopic (exact) mass is 80.0 g/mol. The minimum Gasteiger partial charge on any atom is -0.358 e. The molecule has 1 heteroatoms. The maximum atomic E-state index is 2.25. The van der Waals surface area contributed by atoms with E-state index < -0.39 is 0 Å². The molecule has 0 aromatic carbocycles. The van der Waals surface area contributed by atoms with Crippen LogP contribution in [0.15, 0.2) is 0 Å². The van der Waals surface area contributed by atoms with Crippen LogP contribution < -0.4 is 0 Å².